The van der Waals surface area contributed by atoms with Crippen molar-refractivity contribution in [3.63, 3.8) is 0 Å². The Morgan fingerprint density at radius 3 is 2.55 bits per heavy atom. The highest BCUT2D eigenvalue weighted by atomic mass is 35.5. The molecule has 206 valence electrons. The van der Waals surface area contributed by atoms with E-state index in [-0.39, 0.29) is 11.7 Å². The van der Waals surface area contributed by atoms with Gasteiger partial charge < -0.3 is 9.47 Å². The fourth-order valence-electron chi connectivity index (χ4n) is 6.33. The molecule has 5 nitrogen and oxygen atoms in total. The summed E-state index contributed by atoms with van der Waals surface area (Å²) in [5.74, 6) is 2.18. The molecule has 1 unspecified atom stereocenters. The molecule has 0 bridgehead atoms. The molecule has 0 N–H and O–H groups in total. The molecular weight excluding hydrogens is 520 g/mol. The van der Waals surface area contributed by atoms with Gasteiger partial charge in [0.05, 0.1) is 17.5 Å². The molecule has 1 aliphatic heterocycles. The van der Waals surface area contributed by atoms with Gasteiger partial charge >= 0.3 is 0 Å². The number of hydrogen-bond donors (Lipinski definition) is 0. The lowest BCUT2D eigenvalue weighted by atomic mass is 9.85. The van der Waals surface area contributed by atoms with Crippen LogP contribution >= 0.6 is 11.6 Å². The van der Waals surface area contributed by atoms with E-state index in [0.717, 1.165) is 77.9 Å². The van der Waals surface area contributed by atoms with Crippen molar-refractivity contribution in [1.29, 1.82) is 0 Å². The fraction of sp³-hybridized carbons (Fsp3) is 0.353. The van der Waals surface area contributed by atoms with Crippen LogP contribution in [0.5, 0.6) is 11.5 Å². The molecule has 0 radical (unpaired) electrons. The molecule has 1 aliphatic carbocycles. The number of halogens is 1. The Kier molecular flexibility index (Phi) is 7.77. The molecule has 0 spiro atoms. The second-order valence-electron chi connectivity index (χ2n) is 11.3. The Morgan fingerprint density at radius 2 is 1.77 bits per heavy atom. The first-order valence-corrected chi connectivity index (χ1v) is 14.6. The van der Waals surface area contributed by atoms with E-state index in [9.17, 15) is 4.79 Å². The van der Waals surface area contributed by atoms with E-state index in [1.54, 1.807) is 7.11 Å². The van der Waals surface area contributed by atoms with E-state index in [2.05, 4.69) is 41.3 Å². The minimum Gasteiger partial charge on any atom is -0.493 e. The molecule has 1 saturated heterocycles. The third-order valence-electron chi connectivity index (χ3n) is 8.60. The highest BCUT2D eigenvalue weighted by molar-refractivity contribution is 6.35. The zero-order valence-corrected chi connectivity index (χ0v) is 24.0. The number of aryl methyl sites for hydroxylation is 1. The molecule has 1 fully saturated rings. The molecule has 4 aromatic rings. The predicted molar refractivity (Wildman–Crippen MR) is 158 cm³/mol. The van der Waals surface area contributed by atoms with Crippen molar-refractivity contribution in [2.45, 2.75) is 38.8 Å². The van der Waals surface area contributed by atoms with Crippen LogP contribution < -0.4 is 14.0 Å². The molecule has 6 rings (SSSR count). The fourth-order valence-corrected chi connectivity index (χ4v) is 6.55. The first-order valence-electron chi connectivity index (χ1n) is 14.2. The van der Waals surface area contributed by atoms with Gasteiger partial charge in [-0.15, -0.1) is 0 Å². The number of aromatic nitrogens is 1. The van der Waals surface area contributed by atoms with E-state index >= 15 is 0 Å². The quantitative estimate of drug-likeness (QED) is 0.231. The van der Waals surface area contributed by atoms with Gasteiger partial charge in [0.25, 0.3) is 0 Å². The van der Waals surface area contributed by atoms with Gasteiger partial charge in [-0.3, -0.25) is 9.69 Å². The third kappa shape index (κ3) is 5.59. The lowest BCUT2D eigenvalue weighted by Gasteiger charge is -2.32. The van der Waals surface area contributed by atoms with Crippen molar-refractivity contribution in [2.24, 2.45) is 18.9 Å². The highest BCUT2D eigenvalue weighted by Crippen LogP contribution is 2.40. The largest absolute Gasteiger partial charge is 0.493 e. The minimum absolute atomic E-state index is 0.0471. The van der Waals surface area contributed by atoms with Crippen LogP contribution in [0.3, 0.4) is 0 Å². The van der Waals surface area contributed by atoms with Gasteiger partial charge in [-0.1, -0.05) is 48.0 Å². The second-order valence-corrected chi connectivity index (χ2v) is 11.7. The normalized spacial score (nSPS) is 17.8. The number of pyridine rings is 1. The summed E-state index contributed by atoms with van der Waals surface area (Å²) in [4.78, 5) is 16.0. The predicted octanol–water partition coefficient (Wildman–Crippen LogP) is 6.56. The van der Waals surface area contributed by atoms with Crippen LogP contribution in [0.4, 0.5) is 0 Å². The number of benzene rings is 3. The summed E-state index contributed by atoms with van der Waals surface area (Å²) in [5, 5.41) is 1.73. The molecular formula is C34H36ClN2O3+. The van der Waals surface area contributed by atoms with Gasteiger partial charge in [0.1, 0.15) is 13.7 Å². The molecule has 2 heterocycles. The van der Waals surface area contributed by atoms with Gasteiger partial charge in [-0.05, 0) is 79.6 Å². The van der Waals surface area contributed by atoms with Gasteiger partial charge in [0.2, 0.25) is 5.52 Å². The summed E-state index contributed by atoms with van der Waals surface area (Å²) in [7, 11) is 3.66. The van der Waals surface area contributed by atoms with Gasteiger partial charge in [0, 0.05) is 30.2 Å². The number of methoxy groups -OCH3 is 1. The van der Waals surface area contributed by atoms with Crippen molar-refractivity contribution < 1.29 is 18.8 Å². The van der Waals surface area contributed by atoms with Gasteiger partial charge in [-0.25, -0.2) is 4.57 Å². The second kappa shape index (κ2) is 11.6. The van der Waals surface area contributed by atoms with E-state index in [0.29, 0.717) is 24.0 Å². The summed E-state index contributed by atoms with van der Waals surface area (Å²) in [6, 6.07) is 22.6. The van der Waals surface area contributed by atoms with Crippen molar-refractivity contribution in [1.82, 2.24) is 4.90 Å². The van der Waals surface area contributed by atoms with Crippen molar-refractivity contribution in [3.8, 4) is 11.5 Å². The standard InChI is InChI=1S/C34H36ClN2O3/c1-36-13-12-30(35)28-9-8-25(17-31(28)36)22-40-33-20-29-26(19-32(33)39-2)18-27(34(29)38)16-23-10-14-37(15-11-23)21-24-6-4-3-5-7-24/h3-9,12-13,17,19-20,23,27H,10-11,14-16,18,21-22H2,1-2H3/q+1. The lowest BCUT2D eigenvalue weighted by Crippen LogP contribution is -2.34. The first kappa shape index (κ1) is 26.8. The van der Waals surface area contributed by atoms with Crippen molar-refractivity contribution in [3.05, 3.63) is 100 Å². The van der Waals surface area contributed by atoms with Crippen LogP contribution in [-0.2, 0) is 26.6 Å². The summed E-state index contributed by atoms with van der Waals surface area (Å²) < 4.78 is 14.0. The maximum Gasteiger partial charge on any atom is 0.214 e. The Balaban J connectivity index is 1.09. The lowest BCUT2D eigenvalue weighted by molar-refractivity contribution is -0.644. The number of ketones is 1. The summed E-state index contributed by atoms with van der Waals surface area (Å²) in [5.41, 5.74) is 5.30. The van der Waals surface area contributed by atoms with Crippen LogP contribution in [0, 0.1) is 11.8 Å². The molecule has 40 heavy (non-hydrogen) atoms. The Labute approximate surface area is 241 Å². The zero-order chi connectivity index (χ0) is 27.6. The van der Waals surface area contributed by atoms with Crippen LogP contribution in [0.1, 0.15) is 46.3 Å². The highest BCUT2D eigenvalue weighted by Gasteiger charge is 2.34. The van der Waals surface area contributed by atoms with E-state index < -0.39 is 0 Å². The van der Waals surface area contributed by atoms with E-state index in [1.807, 2.05) is 48.1 Å². The van der Waals surface area contributed by atoms with Gasteiger partial charge in [0.15, 0.2) is 23.5 Å². The van der Waals surface area contributed by atoms with Gasteiger partial charge in [-0.2, -0.15) is 0 Å². The molecule has 3 aromatic carbocycles. The number of rotatable bonds is 8. The van der Waals surface area contributed by atoms with Crippen LogP contribution in [0.15, 0.2) is 72.9 Å². The van der Waals surface area contributed by atoms with Crippen LogP contribution in [0.2, 0.25) is 5.02 Å². The Bertz CT molecular complexity index is 1530. The van der Waals surface area contributed by atoms with Crippen LogP contribution in [0.25, 0.3) is 10.9 Å². The number of hydrogen-bond acceptors (Lipinski definition) is 4. The smallest absolute Gasteiger partial charge is 0.214 e. The SMILES string of the molecule is COc1cc2c(cc1OCc1ccc3c(Cl)cc[n+](C)c3c1)C(=O)C(CC1CCN(Cc3ccccc3)CC1)C2. The molecule has 0 amide bonds. The number of likely N-dealkylation sites (tertiary alicyclic amines) is 1. The summed E-state index contributed by atoms with van der Waals surface area (Å²) in [6.45, 7) is 3.57. The number of piperidine rings is 1. The third-order valence-corrected chi connectivity index (χ3v) is 8.93. The number of carbonyl (C=O) groups excluding carboxylic acids is 1. The summed E-state index contributed by atoms with van der Waals surface area (Å²) >= 11 is 6.38. The topological polar surface area (TPSA) is 42.6 Å². The first-order chi connectivity index (χ1) is 19.5. The minimum atomic E-state index is 0.0471. The number of Topliss-reactive ketones (excluding diaryl/α,β-unsaturated/α-hetero) is 1. The monoisotopic (exact) mass is 555 g/mol. The van der Waals surface area contributed by atoms with E-state index in [4.69, 9.17) is 21.1 Å². The Hall–Kier alpha value is -3.41. The van der Waals surface area contributed by atoms with Crippen LogP contribution in [-0.4, -0.2) is 30.9 Å². The van der Waals surface area contributed by atoms with Crippen molar-refractivity contribution in [2.75, 3.05) is 20.2 Å². The maximum atomic E-state index is 13.5. The molecule has 6 heteroatoms. The molecule has 2 aliphatic rings. The molecule has 0 saturated carbocycles. The summed E-state index contributed by atoms with van der Waals surface area (Å²) in [6.07, 6.45) is 6.01. The average Bonchev–Trinajstić information content (AvgIpc) is 3.28. The Morgan fingerprint density at radius 1 is 0.975 bits per heavy atom. The van der Waals surface area contributed by atoms with Crippen molar-refractivity contribution >= 4 is 28.3 Å². The number of fused-ring (bicyclic) bond motifs is 2. The van der Waals surface area contributed by atoms with E-state index in [1.165, 1.54) is 5.56 Å². The number of nitrogens with zero attached hydrogens (tertiary/aromatic N) is 2. The number of ether oxygens (including phenoxy) is 2. The average molecular weight is 556 g/mol. The maximum absolute atomic E-state index is 13.5. The zero-order valence-electron chi connectivity index (χ0n) is 23.2. The molecule has 1 atom stereocenters. The number of carbonyl (C=O) groups is 1. The molecule has 1 aromatic heterocycles.